The fraction of sp³-hybridized carbons (Fsp3) is 0.851. The van der Waals surface area contributed by atoms with Gasteiger partial charge in [0.1, 0.15) is 0 Å². The van der Waals surface area contributed by atoms with Gasteiger partial charge in [-0.3, -0.25) is 19.3 Å². The van der Waals surface area contributed by atoms with Crippen molar-refractivity contribution in [1.82, 2.24) is 20.9 Å². The highest BCUT2D eigenvalue weighted by atomic mass is 32.2. The molecule has 5 fully saturated rings. The van der Waals surface area contributed by atoms with E-state index in [1.807, 2.05) is 11.8 Å². The Labute approximate surface area is 348 Å². The molecule has 3 amide bonds. The lowest BCUT2D eigenvalue weighted by molar-refractivity contribution is -0.122. The number of ether oxygens (including phenoxy) is 1. The summed E-state index contributed by atoms with van der Waals surface area (Å²) in [7, 11) is 0. The smallest absolute Gasteiger partial charge is 0.220 e. The number of allylic oxidation sites excluding steroid dienone is 2. The van der Waals surface area contributed by atoms with E-state index in [4.69, 9.17) is 4.74 Å². The maximum Gasteiger partial charge on any atom is 0.220 e. The minimum Gasteiger partial charge on any atom is -0.393 e. The summed E-state index contributed by atoms with van der Waals surface area (Å²) >= 11 is 1.95. The molecule has 9 nitrogen and oxygen atoms in total. The molecule has 13 atom stereocenters. The molecule has 7 rings (SSSR count). The topological polar surface area (TPSA) is 120 Å². The van der Waals surface area contributed by atoms with Gasteiger partial charge in [0.05, 0.1) is 17.8 Å². The van der Waals surface area contributed by atoms with E-state index in [-0.39, 0.29) is 47.0 Å². The summed E-state index contributed by atoms with van der Waals surface area (Å²) in [5, 5.41) is 20.4. The molecule has 1 unspecified atom stereocenters. The van der Waals surface area contributed by atoms with Crippen molar-refractivity contribution in [2.24, 2.45) is 40.9 Å². The molecule has 3 aliphatic heterocycles. The number of aliphatic hydroxyl groups excluding tert-OH is 1. The molecule has 0 aromatic heterocycles. The van der Waals surface area contributed by atoms with Gasteiger partial charge in [-0.05, 0) is 130 Å². The van der Waals surface area contributed by atoms with Crippen molar-refractivity contribution < 1.29 is 24.2 Å². The van der Waals surface area contributed by atoms with Crippen LogP contribution in [0.4, 0.5) is 0 Å². The maximum absolute atomic E-state index is 12.9. The van der Waals surface area contributed by atoms with Crippen LogP contribution >= 0.6 is 11.8 Å². The Bertz CT molecular complexity index is 1530. The average Bonchev–Trinajstić information content (AvgIpc) is 3.81. The van der Waals surface area contributed by atoms with Crippen molar-refractivity contribution in [3.63, 3.8) is 0 Å². The number of carbonyl (C=O) groups is 3. The lowest BCUT2D eigenvalue weighted by atomic mass is 9.56. The second kappa shape index (κ2) is 18.4. The monoisotopic (exact) mass is 809 g/mol. The predicted molar refractivity (Wildman–Crippen MR) is 230 cm³/mol. The van der Waals surface area contributed by atoms with Crippen LogP contribution in [0, 0.1) is 40.9 Å². The molecule has 4 aliphatic carbocycles. The molecule has 7 aliphatic rings. The van der Waals surface area contributed by atoms with Gasteiger partial charge in [0, 0.05) is 69.2 Å². The summed E-state index contributed by atoms with van der Waals surface area (Å²) < 4.78 is 7.34. The van der Waals surface area contributed by atoms with Gasteiger partial charge < -0.3 is 25.8 Å². The quantitative estimate of drug-likeness (QED) is 0.101. The zero-order valence-electron chi connectivity index (χ0n) is 36.2. The van der Waals surface area contributed by atoms with Crippen molar-refractivity contribution in [2.75, 3.05) is 31.9 Å². The van der Waals surface area contributed by atoms with E-state index < -0.39 is 0 Å². The molecule has 0 aromatic rings. The summed E-state index contributed by atoms with van der Waals surface area (Å²) in [4.78, 5) is 39.5. The van der Waals surface area contributed by atoms with Gasteiger partial charge in [-0.25, -0.2) is 0 Å². The summed E-state index contributed by atoms with van der Waals surface area (Å²) in [5.41, 5.74) is 4.87. The zero-order valence-corrected chi connectivity index (χ0v) is 37.0. The summed E-state index contributed by atoms with van der Waals surface area (Å²) in [6.07, 6.45) is 18.1. The highest BCUT2D eigenvalue weighted by Crippen LogP contribution is 2.65. The summed E-state index contributed by atoms with van der Waals surface area (Å²) in [5.74, 6) is 4.96. The van der Waals surface area contributed by atoms with Crippen LogP contribution in [-0.2, 0) is 19.1 Å². The molecule has 57 heavy (non-hydrogen) atoms. The second-order valence-electron chi connectivity index (χ2n) is 20.0. The number of aliphatic hydroxyl groups is 1. The lowest BCUT2D eigenvalue weighted by Gasteiger charge is -2.49. The van der Waals surface area contributed by atoms with Gasteiger partial charge >= 0.3 is 0 Å². The summed E-state index contributed by atoms with van der Waals surface area (Å²) in [6, 6.07) is 0.626. The Balaban J connectivity index is 0.810. The first-order valence-electron chi connectivity index (χ1n) is 23.2. The first-order chi connectivity index (χ1) is 27.3. The van der Waals surface area contributed by atoms with Crippen LogP contribution in [0.1, 0.15) is 144 Å². The average molecular weight is 809 g/mol. The number of thioether (sulfide) groups is 1. The van der Waals surface area contributed by atoms with Crippen molar-refractivity contribution in [3.05, 3.63) is 22.8 Å². The number of fused-ring (bicyclic) bond motifs is 6. The molecular weight excluding hydrogens is 733 g/mol. The Morgan fingerprint density at radius 1 is 0.982 bits per heavy atom. The third kappa shape index (κ3) is 9.10. The number of likely N-dealkylation sites (tertiary alicyclic amines) is 1. The van der Waals surface area contributed by atoms with E-state index >= 15 is 0 Å². The first-order valence-corrected chi connectivity index (χ1v) is 24.3. The van der Waals surface area contributed by atoms with Crippen LogP contribution in [-0.4, -0.2) is 94.8 Å². The van der Waals surface area contributed by atoms with Crippen LogP contribution in [0.25, 0.3) is 0 Å². The standard InChI is InChI=1S/C47H76N4O5S/c1-29-24-40-45(32(4)47(56-40)20-18-36-37-16-15-34-25-35(53)17-19-46(34,6)39(37)26-38(36)31(47)3)51(27-29)23-22-49-43(55)13-8-7-11-21-48-42(54)14-10-9-12-41-44(50-33(5)52)30(2)28-57-41/h15,29-30,32,35-37,39-41,44-45,53H,7-14,16-28H2,1-6H3,(H,48,54)(H,49,55)(H,50,52)/t29-,30-,32+,35-,36-,37-,39-,40+,41?,44-,45-,46-,47-/m0/s1. The highest BCUT2D eigenvalue weighted by Gasteiger charge is 2.61. The SMILES string of the molecule is CC(=O)N[C@@H]1C(CCCCC(=O)NCCCCCC(=O)NCCN2C[C@@H](C)C[C@H]3O[C@]4(CC[C@@H]5C(=C4C)C[C@H]4[C@H]5CC=C5C[C@@H](O)CC[C@@]54C)[C@H](C)[C@@H]32)SC[C@@H]1C. The zero-order chi connectivity index (χ0) is 40.5. The molecule has 4 N–H and O–H groups in total. The summed E-state index contributed by atoms with van der Waals surface area (Å²) in [6.45, 7) is 16.8. The van der Waals surface area contributed by atoms with Crippen LogP contribution in [0.2, 0.25) is 0 Å². The molecule has 3 heterocycles. The third-order valence-corrected chi connectivity index (χ3v) is 18.0. The fourth-order valence-corrected chi connectivity index (χ4v) is 14.9. The van der Waals surface area contributed by atoms with E-state index in [0.29, 0.717) is 66.8 Å². The maximum atomic E-state index is 12.9. The number of carbonyl (C=O) groups excluding carboxylic acids is 3. The lowest BCUT2D eigenvalue weighted by Crippen LogP contribution is -2.54. The number of piperidine rings is 1. The highest BCUT2D eigenvalue weighted by molar-refractivity contribution is 8.00. The van der Waals surface area contributed by atoms with E-state index in [1.165, 1.54) is 24.8 Å². The van der Waals surface area contributed by atoms with Crippen LogP contribution in [0.5, 0.6) is 0 Å². The van der Waals surface area contributed by atoms with Gasteiger partial charge in [-0.2, -0.15) is 11.8 Å². The number of rotatable bonds is 15. The van der Waals surface area contributed by atoms with Crippen molar-refractivity contribution in [3.8, 4) is 0 Å². The molecule has 10 heteroatoms. The van der Waals surface area contributed by atoms with Crippen LogP contribution < -0.4 is 16.0 Å². The third-order valence-electron chi connectivity index (χ3n) is 16.3. The predicted octanol–water partition coefficient (Wildman–Crippen LogP) is 7.32. The largest absolute Gasteiger partial charge is 0.393 e. The van der Waals surface area contributed by atoms with Crippen LogP contribution in [0.3, 0.4) is 0 Å². The van der Waals surface area contributed by atoms with Gasteiger partial charge in [0.2, 0.25) is 17.7 Å². The van der Waals surface area contributed by atoms with Gasteiger partial charge in [0.15, 0.2) is 0 Å². The Kier molecular flexibility index (Phi) is 13.9. The molecule has 320 valence electrons. The molecule has 1 spiro atoms. The molecule has 0 bridgehead atoms. The van der Waals surface area contributed by atoms with Crippen LogP contribution in [0.15, 0.2) is 22.8 Å². The number of nitrogens with one attached hydrogen (secondary N) is 3. The van der Waals surface area contributed by atoms with E-state index in [2.05, 4.69) is 61.5 Å². The Hall–Kier alpha value is -1.88. The second-order valence-corrected chi connectivity index (χ2v) is 21.3. The van der Waals surface area contributed by atoms with Gasteiger partial charge in [-0.1, -0.05) is 57.8 Å². The number of amides is 3. The van der Waals surface area contributed by atoms with Crippen molar-refractivity contribution in [1.29, 1.82) is 0 Å². The Morgan fingerprint density at radius 3 is 2.51 bits per heavy atom. The number of hydrogen-bond donors (Lipinski definition) is 4. The fourth-order valence-electron chi connectivity index (χ4n) is 13.3. The van der Waals surface area contributed by atoms with Gasteiger partial charge in [0.25, 0.3) is 0 Å². The molecule has 3 saturated heterocycles. The van der Waals surface area contributed by atoms with Crippen molar-refractivity contribution in [2.45, 2.75) is 179 Å². The Morgan fingerprint density at radius 2 is 1.74 bits per heavy atom. The molecule has 0 aromatic carbocycles. The minimum atomic E-state index is -0.174. The number of nitrogens with zero attached hydrogens (tertiary/aromatic N) is 1. The molecule has 2 saturated carbocycles. The van der Waals surface area contributed by atoms with Gasteiger partial charge in [-0.15, -0.1) is 0 Å². The van der Waals surface area contributed by atoms with Crippen molar-refractivity contribution >= 4 is 29.5 Å². The molecule has 0 radical (unpaired) electrons. The van der Waals surface area contributed by atoms with E-state index in [1.54, 1.807) is 18.1 Å². The first kappa shape index (κ1) is 43.2. The van der Waals surface area contributed by atoms with E-state index in [9.17, 15) is 19.5 Å². The normalized spacial score (nSPS) is 39.9. The molecular formula is C47H76N4O5S. The minimum absolute atomic E-state index is 0.0445. The number of hydrogen-bond acceptors (Lipinski definition) is 7. The number of unbranched alkanes of at least 4 members (excludes halogenated alkanes) is 3. The van der Waals surface area contributed by atoms with E-state index in [0.717, 1.165) is 95.4 Å².